The third-order valence-electron chi connectivity index (χ3n) is 2.21. The first-order valence-electron chi connectivity index (χ1n) is 5.05. The monoisotopic (exact) mass is 250 g/mol. The molecule has 5 nitrogen and oxygen atoms in total. The maximum atomic E-state index is 11.7. The van der Waals surface area contributed by atoms with Gasteiger partial charge in [-0.1, -0.05) is 11.6 Å². The molecule has 2 aromatic rings. The van der Waals surface area contributed by atoms with Crippen LogP contribution in [-0.2, 0) is 6.54 Å². The first kappa shape index (κ1) is 11.8. The molecule has 0 aromatic carbocycles. The zero-order valence-corrected chi connectivity index (χ0v) is 9.95. The van der Waals surface area contributed by atoms with Gasteiger partial charge < -0.3 is 10.3 Å². The third-order valence-corrected chi connectivity index (χ3v) is 2.43. The van der Waals surface area contributed by atoms with Gasteiger partial charge >= 0.3 is 0 Å². The third kappa shape index (κ3) is 2.69. The number of hydrogen-bond acceptors (Lipinski definition) is 4. The van der Waals surface area contributed by atoms with Crippen molar-refractivity contribution < 1.29 is 0 Å². The van der Waals surface area contributed by atoms with Gasteiger partial charge in [-0.05, 0) is 19.2 Å². The topological polar surface area (TPSA) is 70.7 Å². The van der Waals surface area contributed by atoms with Crippen molar-refractivity contribution in [2.45, 2.75) is 6.54 Å². The summed E-state index contributed by atoms with van der Waals surface area (Å²) in [6.07, 6.45) is 3.05. The van der Waals surface area contributed by atoms with E-state index in [1.165, 1.54) is 6.20 Å². The van der Waals surface area contributed by atoms with Crippen LogP contribution in [0.1, 0.15) is 5.56 Å². The minimum Gasteiger partial charge on any atom is -0.315 e. The van der Waals surface area contributed by atoms with Crippen LogP contribution in [-0.4, -0.2) is 22.0 Å². The number of aromatic amines is 1. The Kier molecular flexibility index (Phi) is 3.51. The van der Waals surface area contributed by atoms with E-state index >= 15 is 0 Å². The molecule has 0 bridgehead atoms. The molecule has 88 valence electrons. The highest BCUT2D eigenvalue weighted by Gasteiger charge is 2.05. The second-order valence-electron chi connectivity index (χ2n) is 3.48. The summed E-state index contributed by atoms with van der Waals surface area (Å²) in [7, 11) is 1.77. The number of hydrogen-bond donors (Lipinski definition) is 2. The lowest BCUT2D eigenvalue weighted by molar-refractivity contribution is 0.797. The number of halogens is 1. The highest BCUT2D eigenvalue weighted by molar-refractivity contribution is 6.30. The number of aromatic nitrogens is 3. The van der Waals surface area contributed by atoms with E-state index in [0.717, 1.165) is 0 Å². The second-order valence-corrected chi connectivity index (χ2v) is 3.91. The maximum Gasteiger partial charge on any atom is 0.255 e. The molecular formula is C11H11ClN4O. The standard InChI is InChI=1S/C11H11ClN4O/c1-13-4-7-5-15-10(16-11(7)17)9-3-2-8(12)6-14-9/h2-3,5-6,13H,4H2,1H3,(H,15,16,17). The Labute approximate surface area is 103 Å². The van der Waals surface area contributed by atoms with Crippen molar-refractivity contribution in [2.24, 2.45) is 0 Å². The Balaban J connectivity index is 2.37. The van der Waals surface area contributed by atoms with E-state index in [9.17, 15) is 4.79 Å². The van der Waals surface area contributed by atoms with Crippen LogP contribution >= 0.6 is 11.6 Å². The fourth-order valence-electron chi connectivity index (χ4n) is 1.38. The highest BCUT2D eigenvalue weighted by Crippen LogP contribution is 2.13. The van der Waals surface area contributed by atoms with Crippen molar-refractivity contribution in [3.05, 3.63) is 45.5 Å². The number of H-pyrrole nitrogens is 1. The summed E-state index contributed by atoms with van der Waals surface area (Å²) in [5, 5.41) is 3.44. The zero-order chi connectivity index (χ0) is 12.3. The molecular weight excluding hydrogens is 240 g/mol. The van der Waals surface area contributed by atoms with Gasteiger partial charge in [0.05, 0.1) is 5.02 Å². The van der Waals surface area contributed by atoms with E-state index in [4.69, 9.17) is 11.6 Å². The minimum atomic E-state index is -0.166. The molecule has 17 heavy (non-hydrogen) atoms. The van der Waals surface area contributed by atoms with Gasteiger partial charge in [-0.25, -0.2) is 4.98 Å². The molecule has 2 aromatic heterocycles. The van der Waals surface area contributed by atoms with Gasteiger partial charge in [0.1, 0.15) is 5.69 Å². The van der Waals surface area contributed by atoms with Crippen molar-refractivity contribution in [1.82, 2.24) is 20.3 Å². The number of nitrogens with one attached hydrogen (secondary N) is 2. The van der Waals surface area contributed by atoms with E-state index in [2.05, 4.69) is 20.3 Å². The van der Waals surface area contributed by atoms with Crippen LogP contribution in [0.3, 0.4) is 0 Å². The van der Waals surface area contributed by atoms with Crippen LogP contribution in [0.25, 0.3) is 11.5 Å². The molecule has 0 saturated carbocycles. The van der Waals surface area contributed by atoms with Crippen molar-refractivity contribution in [3.8, 4) is 11.5 Å². The van der Waals surface area contributed by atoms with E-state index in [0.29, 0.717) is 28.6 Å². The minimum absolute atomic E-state index is 0.166. The molecule has 0 aliphatic carbocycles. The van der Waals surface area contributed by atoms with Crippen LogP contribution in [0.5, 0.6) is 0 Å². The molecule has 0 saturated heterocycles. The Morgan fingerprint density at radius 1 is 1.35 bits per heavy atom. The molecule has 0 amide bonds. The van der Waals surface area contributed by atoms with Crippen LogP contribution in [0.4, 0.5) is 0 Å². The average molecular weight is 251 g/mol. The normalized spacial score (nSPS) is 10.5. The summed E-state index contributed by atoms with van der Waals surface area (Å²) in [5.41, 5.74) is 1.01. The van der Waals surface area contributed by atoms with Crippen molar-refractivity contribution in [3.63, 3.8) is 0 Å². The lowest BCUT2D eigenvalue weighted by atomic mass is 10.3. The Morgan fingerprint density at radius 3 is 2.76 bits per heavy atom. The van der Waals surface area contributed by atoms with Crippen LogP contribution in [0.2, 0.25) is 5.02 Å². The summed E-state index contributed by atoms with van der Waals surface area (Å²) >= 11 is 5.73. The molecule has 2 rings (SSSR count). The van der Waals surface area contributed by atoms with Gasteiger partial charge in [-0.2, -0.15) is 0 Å². The lowest BCUT2D eigenvalue weighted by Crippen LogP contribution is -2.19. The molecule has 2 heterocycles. The Morgan fingerprint density at radius 2 is 2.18 bits per heavy atom. The highest BCUT2D eigenvalue weighted by atomic mass is 35.5. The predicted octanol–water partition coefficient (Wildman–Crippen LogP) is 1.20. The number of rotatable bonds is 3. The van der Waals surface area contributed by atoms with Gasteiger partial charge in [-0.3, -0.25) is 9.78 Å². The van der Waals surface area contributed by atoms with Gasteiger partial charge in [0.2, 0.25) is 0 Å². The fourth-order valence-corrected chi connectivity index (χ4v) is 1.50. The smallest absolute Gasteiger partial charge is 0.255 e. The van der Waals surface area contributed by atoms with E-state index in [-0.39, 0.29) is 5.56 Å². The van der Waals surface area contributed by atoms with E-state index < -0.39 is 0 Å². The first-order valence-corrected chi connectivity index (χ1v) is 5.43. The maximum absolute atomic E-state index is 11.7. The van der Waals surface area contributed by atoms with Gasteiger partial charge in [0, 0.05) is 24.5 Å². The second kappa shape index (κ2) is 5.07. The first-order chi connectivity index (χ1) is 8.20. The molecule has 0 unspecified atom stereocenters. The van der Waals surface area contributed by atoms with Gasteiger partial charge in [-0.15, -0.1) is 0 Å². The van der Waals surface area contributed by atoms with Crippen molar-refractivity contribution in [1.29, 1.82) is 0 Å². The summed E-state index contributed by atoms with van der Waals surface area (Å²) in [5.74, 6) is 0.437. The SMILES string of the molecule is CNCc1cnc(-c2ccc(Cl)cn2)[nH]c1=O. The number of nitrogens with zero attached hydrogens (tertiary/aromatic N) is 2. The van der Waals surface area contributed by atoms with Crippen LogP contribution < -0.4 is 10.9 Å². The molecule has 6 heteroatoms. The lowest BCUT2D eigenvalue weighted by Gasteiger charge is -2.02. The average Bonchev–Trinajstić information content (AvgIpc) is 2.33. The Bertz CT molecular complexity index is 564. The van der Waals surface area contributed by atoms with Crippen molar-refractivity contribution in [2.75, 3.05) is 7.05 Å². The molecule has 0 radical (unpaired) electrons. The summed E-state index contributed by atoms with van der Waals surface area (Å²) in [6.45, 7) is 0.483. The molecule has 0 fully saturated rings. The predicted molar refractivity (Wildman–Crippen MR) is 65.9 cm³/mol. The zero-order valence-electron chi connectivity index (χ0n) is 9.20. The van der Waals surface area contributed by atoms with E-state index in [1.807, 2.05) is 0 Å². The Hall–Kier alpha value is -1.72. The quantitative estimate of drug-likeness (QED) is 0.859. The molecule has 0 aliphatic rings. The van der Waals surface area contributed by atoms with E-state index in [1.54, 1.807) is 25.4 Å². The molecule has 2 N–H and O–H groups in total. The molecule has 0 spiro atoms. The largest absolute Gasteiger partial charge is 0.315 e. The molecule has 0 aliphatic heterocycles. The summed E-state index contributed by atoms with van der Waals surface area (Å²) in [4.78, 5) is 22.6. The molecule has 0 atom stereocenters. The van der Waals surface area contributed by atoms with Gasteiger partial charge in [0.15, 0.2) is 5.82 Å². The summed E-state index contributed by atoms with van der Waals surface area (Å²) in [6, 6.07) is 3.41. The summed E-state index contributed by atoms with van der Waals surface area (Å²) < 4.78 is 0. The van der Waals surface area contributed by atoms with Gasteiger partial charge in [0.25, 0.3) is 5.56 Å². The van der Waals surface area contributed by atoms with Crippen LogP contribution in [0.15, 0.2) is 29.3 Å². The number of pyridine rings is 1. The van der Waals surface area contributed by atoms with Crippen LogP contribution in [0, 0.1) is 0 Å². The van der Waals surface area contributed by atoms with Crippen molar-refractivity contribution >= 4 is 11.6 Å². The fraction of sp³-hybridized carbons (Fsp3) is 0.182.